The number of amides is 1. The highest BCUT2D eigenvalue weighted by molar-refractivity contribution is 6.10. The number of hydrogen-bond donors (Lipinski definition) is 0. The van der Waals surface area contributed by atoms with Crippen molar-refractivity contribution >= 4 is 11.7 Å². The van der Waals surface area contributed by atoms with Crippen LogP contribution in [0.3, 0.4) is 0 Å². The molecule has 0 radical (unpaired) electrons. The molecule has 5 heterocycles. The number of pyridine rings is 1. The van der Waals surface area contributed by atoms with Crippen LogP contribution in [0, 0.1) is 0 Å². The second-order valence-corrected chi connectivity index (χ2v) is 10.6. The standard InChI is InChI=1S/C27H29F3N6O2/c1-34-17-32-33-24(34)12-26(15-38-16-26)19-5-6-31-23(11-19)36-14-21-20(25(36)37)9-18(10-22(21)27(28,29)30)13-35-7-3-2-4-8-35/h5-6,9-11,17H,2-4,7-8,12-16H2,1H3. The van der Waals surface area contributed by atoms with Gasteiger partial charge in [0.2, 0.25) is 0 Å². The number of likely N-dealkylation sites (tertiary alicyclic amines) is 1. The second-order valence-electron chi connectivity index (χ2n) is 10.6. The average Bonchev–Trinajstić information content (AvgIpc) is 3.43. The summed E-state index contributed by atoms with van der Waals surface area (Å²) in [6, 6.07) is 6.52. The minimum absolute atomic E-state index is 0.0119. The van der Waals surface area contributed by atoms with Crippen molar-refractivity contribution in [3.05, 3.63) is 70.4 Å². The van der Waals surface area contributed by atoms with E-state index in [1.807, 2.05) is 17.7 Å². The maximum Gasteiger partial charge on any atom is 0.416 e. The number of carbonyl (C=O) groups is 1. The van der Waals surface area contributed by atoms with Gasteiger partial charge in [-0.1, -0.05) is 6.42 Å². The first-order chi connectivity index (χ1) is 18.2. The van der Waals surface area contributed by atoms with Crippen LogP contribution in [0.15, 0.2) is 36.8 Å². The zero-order chi connectivity index (χ0) is 26.5. The van der Waals surface area contributed by atoms with E-state index in [9.17, 15) is 18.0 Å². The lowest BCUT2D eigenvalue weighted by Gasteiger charge is -2.41. The molecule has 0 atom stereocenters. The first kappa shape index (κ1) is 25.0. The van der Waals surface area contributed by atoms with Crippen LogP contribution >= 0.6 is 0 Å². The smallest absolute Gasteiger partial charge is 0.379 e. The molecule has 1 aromatic carbocycles. The van der Waals surface area contributed by atoms with Crippen molar-refractivity contribution in [2.45, 2.75) is 50.4 Å². The van der Waals surface area contributed by atoms with Gasteiger partial charge < -0.3 is 9.30 Å². The molecule has 6 rings (SSSR count). The Morgan fingerprint density at radius 2 is 1.89 bits per heavy atom. The van der Waals surface area contributed by atoms with E-state index in [1.165, 1.54) is 11.0 Å². The summed E-state index contributed by atoms with van der Waals surface area (Å²) in [5, 5.41) is 8.15. The minimum Gasteiger partial charge on any atom is -0.379 e. The molecule has 8 nitrogen and oxygen atoms in total. The second kappa shape index (κ2) is 9.46. The quantitative estimate of drug-likeness (QED) is 0.485. The number of aryl methyl sites for hydroxylation is 1. The Morgan fingerprint density at radius 3 is 2.55 bits per heavy atom. The summed E-state index contributed by atoms with van der Waals surface area (Å²) in [6.45, 7) is 2.88. The third-order valence-electron chi connectivity index (χ3n) is 7.95. The van der Waals surface area contributed by atoms with Crippen molar-refractivity contribution in [2.24, 2.45) is 7.05 Å². The van der Waals surface area contributed by atoms with Crippen LogP contribution in [-0.4, -0.2) is 56.9 Å². The maximum atomic E-state index is 14.2. The van der Waals surface area contributed by atoms with Crippen LogP contribution in [0.4, 0.5) is 19.0 Å². The van der Waals surface area contributed by atoms with Crippen LogP contribution in [0.25, 0.3) is 0 Å². The number of carbonyl (C=O) groups excluding carboxylic acids is 1. The van der Waals surface area contributed by atoms with Gasteiger partial charge in [0.1, 0.15) is 18.0 Å². The summed E-state index contributed by atoms with van der Waals surface area (Å²) in [4.78, 5) is 21.4. The van der Waals surface area contributed by atoms with Crippen LogP contribution in [0.2, 0.25) is 0 Å². The van der Waals surface area contributed by atoms with E-state index in [0.717, 1.165) is 43.7 Å². The zero-order valence-corrected chi connectivity index (χ0v) is 21.2. The Kier molecular flexibility index (Phi) is 6.22. The maximum absolute atomic E-state index is 14.2. The van der Waals surface area contributed by atoms with E-state index in [-0.39, 0.29) is 23.1 Å². The highest BCUT2D eigenvalue weighted by Crippen LogP contribution is 2.41. The van der Waals surface area contributed by atoms with Gasteiger partial charge in [-0.3, -0.25) is 14.6 Å². The van der Waals surface area contributed by atoms with Crippen LogP contribution in [-0.2, 0) is 42.9 Å². The molecule has 0 bridgehead atoms. The highest BCUT2D eigenvalue weighted by atomic mass is 19.4. The van der Waals surface area contributed by atoms with Gasteiger partial charge in [-0.15, -0.1) is 10.2 Å². The number of halogens is 3. The van der Waals surface area contributed by atoms with Gasteiger partial charge in [0.25, 0.3) is 5.91 Å². The van der Waals surface area contributed by atoms with E-state index >= 15 is 0 Å². The third-order valence-corrected chi connectivity index (χ3v) is 7.95. The Hall–Kier alpha value is -3.31. The molecule has 2 saturated heterocycles. The van der Waals surface area contributed by atoms with Gasteiger partial charge in [0.05, 0.1) is 25.3 Å². The predicted molar refractivity (Wildman–Crippen MR) is 133 cm³/mol. The number of rotatable bonds is 6. The lowest BCUT2D eigenvalue weighted by atomic mass is 9.76. The van der Waals surface area contributed by atoms with Gasteiger partial charge in [-0.25, -0.2) is 4.98 Å². The van der Waals surface area contributed by atoms with Crippen molar-refractivity contribution in [1.82, 2.24) is 24.6 Å². The number of nitrogens with zero attached hydrogens (tertiary/aromatic N) is 6. The molecule has 0 N–H and O–H groups in total. The van der Waals surface area contributed by atoms with Gasteiger partial charge in [-0.05, 0) is 66.9 Å². The van der Waals surface area contributed by atoms with E-state index in [1.54, 1.807) is 24.7 Å². The number of piperidine rings is 1. The van der Waals surface area contributed by atoms with Gasteiger partial charge in [-0.2, -0.15) is 13.2 Å². The van der Waals surface area contributed by atoms with Crippen molar-refractivity contribution in [2.75, 3.05) is 31.2 Å². The van der Waals surface area contributed by atoms with Gasteiger partial charge in [0.15, 0.2) is 0 Å². The van der Waals surface area contributed by atoms with Crippen LogP contribution in [0.5, 0.6) is 0 Å². The molecular formula is C27H29F3N6O2. The monoisotopic (exact) mass is 526 g/mol. The van der Waals surface area contributed by atoms with E-state index in [2.05, 4.69) is 20.1 Å². The van der Waals surface area contributed by atoms with E-state index in [4.69, 9.17) is 4.74 Å². The Labute approximate surface area is 218 Å². The molecule has 11 heteroatoms. The van der Waals surface area contributed by atoms with Crippen molar-refractivity contribution < 1.29 is 22.7 Å². The molecule has 2 fully saturated rings. The van der Waals surface area contributed by atoms with Gasteiger partial charge in [0, 0.05) is 37.2 Å². The molecule has 0 spiro atoms. The van der Waals surface area contributed by atoms with Crippen molar-refractivity contribution in [1.29, 1.82) is 0 Å². The van der Waals surface area contributed by atoms with Gasteiger partial charge >= 0.3 is 6.18 Å². The molecule has 38 heavy (non-hydrogen) atoms. The predicted octanol–water partition coefficient (Wildman–Crippen LogP) is 3.89. The summed E-state index contributed by atoms with van der Waals surface area (Å²) < 4.78 is 49.9. The molecule has 3 aromatic rings. The molecule has 2 aromatic heterocycles. The summed E-state index contributed by atoms with van der Waals surface area (Å²) in [6.07, 6.45) is 2.47. The zero-order valence-electron chi connectivity index (χ0n) is 21.2. The molecule has 0 saturated carbocycles. The Balaban J connectivity index is 1.31. The van der Waals surface area contributed by atoms with E-state index < -0.39 is 17.6 Å². The Bertz CT molecular complexity index is 1360. The number of ether oxygens (including phenoxy) is 1. The third kappa shape index (κ3) is 4.47. The summed E-state index contributed by atoms with van der Waals surface area (Å²) in [5.41, 5.74) is 0.441. The minimum atomic E-state index is -4.56. The van der Waals surface area contributed by atoms with E-state index in [0.29, 0.717) is 37.6 Å². The average molecular weight is 527 g/mol. The molecule has 200 valence electrons. The fraction of sp³-hybridized carbons (Fsp3) is 0.481. The first-order valence-electron chi connectivity index (χ1n) is 12.9. The number of aromatic nitrogens is 4. The number of alkyl halides is 3. The fourth-order valence-electron chi connectivity index (χ4n) is 5.76. The van der Waals surface area contributed by atoms with Crippen LogP contribution < -0.4 is 4.90 Å². The lowest BCUT2D eigenvalue weighted by molar-refractivity contribution is -0.138. The molecule has 1 amide bonds. The van der Waals surface area contributed by atoms with Crippen molar-refractivity contribution in [3.63, 3.8) is 0 Å². The van der Waals surface area contributed by atoms with Crippen molar-refractivity contribution in [3.8, 4) is 0 Å². The first-order valence-corrected chi connectivity index (χ1v) is 12.9. The number of hydrogen-bond acceptors (Lipinski definition) is 6. The topological polar surface area (TPSA) is 76.4 Å². The molecule has 0 unspecified atom stereocenters. The molecule has 3 aliphatic rings. The number of anilines is 1. The number of benzene rings is 1. The summed E-state index contributed by atoms with van der Waals surface area (Å²) >= 11 is 0. The summed E-state index contributed by atoms with van der Waals surface area (Å²) in [7, 11) is 1.87. The Morgan fingerprint density at radius 1 is 1.11 bits per heavy atom. The molecular weight excluding hydrogens is 497 g/mol. The molecule has 0 aliphatic carbocycles. The largest absolute Gasteiger partial charge is 0.416 e. The number of fused-ring (bicyclic) bond motifs is 1. The SMILES string of the molecule is Cn1cnnc1CC1(c2ccnc(N3Cc4c(cc(CN5CCCCC5)cc4C(F)(F)F)C3=O)c2)COC1. The fourth-order valence-corrected chi connectivity index (χ4v) is 5.76. The normalized spacial score (nSPS) is 19.5. The molecule has 3 aliphatic heterocycles. The lowest BCUT2D eigenvalue weighted by Crippen LogP contribution is -2.49. The van der Waals surface area contributed by atoms with Crippen LogP contribution in [0.1, 0.15) is 57.7 Å². The summed E-state index contributed by atoms with van der Waals surface area (Å²) in [5.74, 6) is 0.675. The highest BCUT2D eigenvalue weighted by Gasteiger charge is 2.44.